The Morgan fingerprint density at radius 3 is 1.28 bits per heavy atom. The van der Waals surface area contributed by atoms with Crippen LogP contribution >= 0.6 is 22.7 Å². The van der Waals surface area contributed by atoms with E-state index >= 15 is 0 Å². The molecule has 6 amide bonds. The molecule has 0 spiro atoms. The summed E-state index contributed by atoms with van der Waals surface area (Å²) in [7, 11) is 3.40. The number of likely N-dealkylation sites (tertiary alicyclic amines) is 2. The number of nitrogens with one attached hydrogen (secondary N) is 6. The number of aromatic nitrogens is 2. The second-order valence-electron chi connectivity index (χ2n) is 23.0. The molecule has 2 aliphatic heterocycles. The lowest BCUT2D eigenvalue weighted by molar-refractivity contribution is -0.140. The van der Waals surface area contributed by atoms with Crippen LogP contribution < -0.4 is 31.9 Å². The van der Waals surface area contributed by atoms with Crippen molar-refractivity contribution in [3.8, 4) is 22.5 Å². The highest BCUT2D eigenvalue weighted by Gasteiger charge is 2.47. The van der Waals surface area contributed by atoms with Crippen molar-refractivity contribution in [3.63, 3.8) is 0 Å². The molecule has 2 saturated heterocycles. The van der Waals surface area contributed by atoms with Crippen LogP contribution in [0.4, 0.5) is 0 Å². The van der Waals surface area contributed by atoms with Crippen LogP contribution in [0, 0.1) is 10.8 Å². The first kappa shape index (κ1) is 54.4. The molecule has 402 valence electrons. The molecule has 8 atom stereocenters. The van der Waals surface area contributed by atoms with E-state index in [1.165, 1.54) is 20.9 Å². The van der Waals surface area contributed by atoms with Crippen LogP contribution in [0.5, 0.6) is 0 Å². The van der Waals surface area contributed by atoms with Crippen molar-refractivity contribution in [2.45, 2.75) is 142 Å². The molecule has 4 heterocycles. The van der Waals surface area contributed by atoms with Gasteiger partial charge in [-0.05, 0) is 113 Å². The number of aryl methyl sites for hydroxylation is 4. The van der Waals surface area contributed by atoms with E-state index in [0.717, 1.165) is 58.2 Å². The van der Waals surface area contributed by atoms with E-state index in [0.29, 0.717) is 24.0 Å². The van der Waals surface area contributed by atoms with Gasteiger partial charge in [0.2, 0.25) is 23.6 Å². The van der Waals surface area contributed by atoms with Crippen LogP contribution in [0.25, 0.3) is 22.5 Å². The molecule has 16 nitrogen and oxygen atoms in total. The summed E-state index contributed by atoms with van der Waals surface area (Å²) in [5, 5.41) is 19.9. The van der Waals surface area contributed by atoms with Crippen molar-refractivity contribution in [2.75, 3.05) is 27.2 Å². The minimum Gasteiger partial charge on any atom is -0.347 e. The van der Waals surface area contributed by atoms with Crippen molar-refractivity contribution in [2.24, 2.45) is 10.8 Å². The Morgan fingerprint density at radius 1 is 0.553 bits per heavy atom. The number of hydrogen-bond donors (Lipinski definition) is 6. The Hall–Kier alpha value is -6.34. The maximum absolute atomic E-state index is 14.8. The minimum atomic E-state index is -0.850. The van der Waals surface area contributed by atoms with Crippen molar-refractivity contribution in [3.05, 3.63) is 115 Å². The first-order valence-corrected chi connectivity index (χ1v) is 28.2. The van der Waals surface area contributed by atoms with Gasteiger partial charge in [0.15, 0.2) is 0 Å². The van der Waals surface area contributed by atoms with Crippen LogP contribution in [0.15, 0.2) is 72.8 Å². The molecule has 9 rings (SSSR count). The van der Waals surface area contributed by atoms with Crippen molar-refractivity contribution in [1.29, 1.82) is 0 Å². The highest BCUT2D eigenvalue weighted by molar-refractivity contribution is 7.12. The van der Waals surface area contributed by atoms with Gasteiger partial charge >= 0.3 is 0 Å². The Labute approximate surface area is 454 Å². The average molecular weight is 1070 g/mol. The molecular weight excluding hydrogens is 997 g/mol. The largest absolute Gasteiger partial charge is 0.347 e. The third kappa shape index (κ3) is 11.2. The molecule has 0 radical (unpaired) electrons. The molecule has 4 aliphatic rings. The zero-order chi connectivity index (χ0) is 54.4. The van der Waals surface area contributed by atoms with Crippen LogP contribution in [0.3, 0.4) is 0 Å². The quantitative estimate of drug-likeness (QED) is 0.0707. The van der Waals surface area contributed by atoms with Gasteiger partial charge in [0.1, 0.15) is 22.1 Å². The van der Waals surface area contributed by atoms with Crippen LogP contribution in [0.1, 0.15) is 132 Å². The Balaban J connectivity index is 0.921. The smallest absolute Gasteiger partial charge is 0.251 e. The normalized spacial score (nSPS) is 20.5. The topological polar surface area (TPSA) is 207 Å². The third-order valence-corrected chi connectivity index (χ3v) is 17.9. The van der Waals surface area contributed by atoms with E-state index in [1.54, 1.807) is 84.7 Å². The van der Waals surface area contributed by atoms with Gasteiger partial charge in [0.25, 0.3) is 11.8 Å². The van der Waals surface area contributed by atoms with Gasteiger partial charge in [0.05, 0.1) is 35.6 Å². The molecule has 2 aliphatic carbocycles. The fourth-order valence-electron chi connectivity index (χ4n) is 10.8. The second-order valence-corrected chi connectivity index (χ2v) is 25.2. The Kier molecular flexibility index (Phi) is 15.7. The number of nitrogens with zero attached hydrogens (tertiary/aromatic N) is 4. The summed E-state index contributed by atoms with van der Waals surface area (Å²) in [6.45, 7) is 15.5. The van der Waals surface area contributed by atoms with E-state index in [1.807, 2.05) is 65.8 Å². The highest BCUT2D eigenvalue weighted by Crippen LogP contribution is 2.45. The number of benzene rings is 3. The molecular formula is C58H72N10O6S2. The second kappa shape index (κ2) is 22.0. The summed E-state index contributed by atoms with van der Waals surface area (Å²) < 4.78 is 0. The van der Waals surface area contributed by atoms with Crippen LogP contribution in [0.2, 0.25) is 0 Å². The third-order valence-electron chi connectivity index (χ3n) is 15.5. The van der Waals surface area contributed by atoms with Crippen LogP contribution in [-0.2, 0) is 44.9 Å². The molecule has 6 N–H and O–H groups in total. The molecule has 2 fully saturated rings. The highest BCUT2D eigenvalue weighted by atomic mass is 32.1. The minimum absolute atomic E-state index is 0.206. The summed E-state index contributed by atoms with van der Waals surface area (Å²) in [5.41, 5.74) is 5.97. The zero-order valence-corrected chi connectivity index (χ0v) is 46.9. The number of thiazole rings is 2. The maximum Gasteiger partial charge on any atom is 0.251 e. The SMILES string of the molecule is CNC(C)C(=O)NC(C(=O)N1CC(NC(=O)c2ccc(C(=O)NC3CC(c4nc5c(s4)CCc4ccccc4-5)N(C(=O)C(NC(=O)C(C)NC)C(C)(C)C)C3)cc2)CC1c1nc2c(s1)CCc1ccccc1-2)C(C)(C)C. The van der Waals surface area contributed by atoms with Crippen molar-refractivity contribution < 1.29 is 28.8 Å². The van der Waals surface area contributed by atoms with Gasteiger partial charge in [0, 0.05) is 57.2 Å². The van der Waals surface area contributed by atoms with Gasteiger partial charge in [-0.3, -0.25) is 28.8 Å². The molecule has 5 aromatic rings. The number of hydrogen-bond acceptors (Lipinski definition) is 12. The number of amides is 6. The zero-order valence-electron chi connectivity index (χ0n) is 45.3. The first-order valence-electron chi connectivity index (χ1n) is 26.6. The molecule has 0 saturated carbocycles. The fraction of sp³-hybridized carbons (Fsp3) is 0.483. The van der Waals surface area contributed by atoms with Gasteiger partial charge < -0.3 is 41.7 Å². The Bertz CT molecular complexity index is 2830. The van der Waals surface area contributed by atoms with E-state index in [4.69, 9.17) is 9.97 Å². The average Bonchev–Trinajstić information content (AvgIpc) is 4.23. The van der Waals surface area contributed by atoms with Gasteiger partial charge in [-0.2, -0.15) is 0 Å². The molecule has 8 unspecified atom stereocenters. The molecule has 18 heteroatoms. The number of fused-ring (bicyclic) bond motifs is 6. The van der Waals surface area contributed by atoms with Gasteiger partial charge in [-0.25, -0.2) is 9.97 Å². The predicted molar refractivity (Wildman–Crippen MR) is 297 cm³/mol. The first-order chi connectivity index (χ1) is 36.1. The number of carbonyl (C=O) groups is 6. The molecule has 76 heavy (non-hydrogen) atoms. The summed E-state index contributed by atoms with van der Waals surface area (Å²) in [4.78, 5) is 101. The van der Waals surface area contributed by atoms with Crippen molar-refractivity contribution in [1.82, 2.24) is 51.7 Å². The molecule has 2 aromatic heterocycles. The van der Waals surface area contributed by atoms with E-state index < -0.39 is 59.2 Å². The maximum atomic E-state index is 14.8. The Morgan fingerprint density at radius 2 is 0.921 bits per heavy atom. The monoisotopic (exact) mass is 1070 g/mol. The number of carbonyl (C=O) groups excluding carboxylic acids is 6. The lowest BCUT2D eigenvalue weighted by atomic mass is 9.85. The fourth-order valence-corrected chi connectivity index (χ4v) is 13.2. The summed E-state index contributed by atoms with van der Waals surface area (Å²) in [6, 6.07) is 18.5. The lowest BCUT2D eigenvalue weighted by Crippen LogP contribution is -2.57. The van der Waals surface area contributed by atoms with Crippen molar-refractivity contribution >= 4 is 58.1 Å². The van der Waals surface area contributed by atoms with Gasteiger partial charge in [-0.15, -0.1) is 22.7 Å². The van der Waals surface area contributed by atoms with E-state index in [-0.39, 0.29) is 48.5 Å². The van der Waals surface area contributed by atoms with E-state index in [9.17, 15) is 28.8 Å². The van der Waals surface area contributed by atoms with Gasteiger partial charge in [-0.1, -0.05) is 90.1 Å². The summed E-state index contributed by atoms with van der Waals surface area (Å²) in [5.74, 6) is -1.77. The predicted octanol–water partition coefficient (Wildman–Crippen LogP) is 6.55. The number of rotatable bonds is 14. The lowest BCUT2D eigenvalue weighted by Gasteiger charge is -2.36. The van der Waals surface area contributed by atoms with Crippen LogP contribution in [-0.4, -0.2) is 119 Å². The standard InChI is InChI=1S/C58H72N10O6S2/c1-31(59-9)49(69)65-47(57(3,4)5)55(73)67-29-37(27-41(67)53-63-45-39-17-13-11-15-33(39)23-25-43(45)75-53)61-51(71)35-19-21-36(22-20-35)52(72)62-38-28-42(54-64-46-40-18-14-12-16-34(40)24-26-44(46)76-54)68(30-38)56(74)48(58(6,7)8)66-50(70)32(2)60-10/h11-22,31-32,37-38,41-42,47-48,59-60H,23-30H2,1-10H3,(H,61,71)(H,62,72)(H,65,69)(H,66,70). The molecule has 3 aromatic carbocycles. The summed E-state index contributed by atoms with van der Waals surface area (Å²) >= 11 is 3.22. The number of likely N-dealkylation sites (N-methyl/N-ethyl adjacent to an activating group) is 2. The summed E-state index contributed by atoms with van der Waals surface area (Å²) in [6.07, 6.45) is 4.34. The molecule has 0 bridgehead atoms. The van der Waals surface area contributed by atoms with E-state index in [2.05, 4.69) is 56.2 Å².